The Bertz CT molecular complexity index is 420. The molecule has 1 heterocycles. The molecule has 1 N–H and O–H groups in total. The Kier molecular flexibility index (Phi) is 3.88. The van der Waals surface area contributed by atoms with Crippen molar-refractivity contribution >= 4 is 0 Å². The standard InChI is InChI=1S/C14H20FNO2/c1-4-18-13-6-5-10(7-11(13)15)12-8-17-9-14(2,3)16-12/h5-7,12,16H,4,8-9H2,1-3H3. The number of halogens is 1. The van der Waals surface area contributed by atoms with Gasteiger partial charge in [0.25, 0.3) is 0 Å². The number of benzene rings is 1. The minimum Gasteiger partial charge on any atom is -0.491 e. The molecule has 4 heteroatoms. The molecule has 0 spiro atoms. The van der Waals surface area contributed by atoms with E-state index in [9.17, 15) is 4.39 Å². The van der Waals surface area contributed by atoms with Gasteiger partial charge in [0.05, 0.1) is 25.9 Å². The van der Waals surface area contributed by atoms with Crippen molar-refractivity contribution in [2.24, 2.45) is 0 Å². The zero-order chi connectivity index (χ0) is 13.2. The van der Waals surface area contributed by atoms with Gasteiger partial charge >= 0.3 is 0 Å². The lowest BCUT2D eigenvalue weighted by atomic mass is 9.99. The van der Waals surface area contributed by atoms with Crippen LogP contribution in [0.3, 0.4) is 0 Å². The van der Waals surface area contributed by atoms with Crippen molar-refractivity contribution < 1.29 is 13.9 Å². The van der Waals surface area contributed by atoms with Crippen LogP contribution in [0.15, 0.2) is 18.2 Å². The van der Waals surface area contributed by atoms with E-state index in [0.717, 1.165) is 5.56 Å². The molecule has 1 unspecified atom stereocenters. The number of hydrogen-bond acceptors (Lipinski definition) is 3. The second-order valence-corrected chi connectivity index (χ2v) is 5.22. The van der Waals surface area contributed by atoms with Crippen molar-refractivity contribution in [1.82, 2.24) is 5.32 Å². The summed E-state index contributed by atoms with van der Waals surface area (Å²) in [7, 11) is 0. The first-order chi connectivity index (χ1) is 8.52. The summed E-state index contributed by atoms with van der Waals surface area (Å²) in [5, 5.41) is 3.46. The van der Waals surface area contributed by atoms with Gasteiger partial charge in [-0.2, -0.15) is 0 Å². The minimum atomic E-state index is -0.320. The largest absolute Gasteiger partial charge is 0.491 e. The molecular formula is C14H20FNO2. The van der Waals surface area contributed by atoms with E-state index in [4.69, 9.17) is 9.47 Å². The van der Waals surface area contributed by atoms with Crippen LogP contribution in [0.2, 0.25) is 0 Å². The van der Waals surface area contributed by atoms with Gasteiger partial charge in [-0.15, -0.1) is 0 Å². The first-order valence-corrected chi connectivity index (χ1v) is 6.29. The fourth-order valence-electron chi connectivity index (χ4n) is 2.17. The molecule has 1 saturated heterocycles. The first kappa shape index (κ1) is 13.3. The zero-order valence-corrected chi connectivity index (χ0v) is 11.1. The van der Waals surface area contributed by atoms with E-state index in [1.54, 1.807) is 6.07 Å². The number of nitrogens with one attached hydrogen (secondary N) is 1. The summed E-state index contributed by atoms with van der Waals surface area (Å²) >= 11 is 0. The highest BCUT2D eigenvalue weighted by Crippen LogP contribution is 2.26. The number of ether oxygens (including phenoxy) is 2. The Morgan fingerprint density at radius 1 is 1.50 bits per heavy atom. The highest BCUT2D eigenvalue weighted by atomic mass is 19.1. The fourth-order valence-corrected chi connectivity index (χ4v) is 2.17. The van der Waals surface area contributed by atoms with Gasteiger partial charge in [-0.1, -0.05) is 6.07 Å². The van der Waals surface area contributed by atoms with Crippen LogP contribution >= 0.6 is 0 Å². The summed E-state index contributed by atoms with van der Waals surface area (Å²) < 4.78 is 24.5. The van der Waals surface area contributed by atoms with Gasteiger partial charge in [0.2, 0.25) is 0 Å². The molecule has 0 amide bonds. The van der Waals surface area contributed by atoms with E-state index in [-0.39, 0.29) is 17.4 Å². The first-order valence-electron chi connectivity index (χ1n) is 6.29. The van der Waals surface area contributed by atoms with Crippen LogP contribution in [0.5, 0.6) is 5.75 Å². The zero-order valence-electron chi connectivity index (χ0n) is 11.1. The smallest absolute Gasteiger partial charge is 0.165 e. The van der Waals surface area contributed by atoms with Gasteiger partial charge in [-0.25, -0.2) is 4.39 Å². The molecule has 100 valence electrons. The molecule has 1 aliphatic heterocycles. The Balaban J connectivity index is 2.16. The lowest BCUT2D eigenvalue weighted by Gasteiger charge is -2.37. The fraction of sp³-hybridized carbons (Fsp3) is 0.571. The van der Waals surface area contributed by atoms with Gasteiger partial charge in [0.1, 0.15) is 0 Å². The molecule has 18 heavy (non-hydrogen) atoms. The van der Waals surface area contributed by atoms with Gasteiger partial charge in [-0.05, 0) is 38.5 Å². The normalized spacial score (nSPS) is 22.8. The average Bonchev–Trinajstić information content (AvgIpc) is 2.30. The van der Waals surface area contributed by atoms with Gasteiger partial charge < -0.3 is 14.8 Å². The SMILES string of the molecule is CCOc1ccc(C2COCC(C)(C)N2)cc1F. The van der Waals surface area contributed by atoms with Crippen molar-refractivity contribution in [1.29, 1.82) is 0 Å². The van der Waals surface area contributed by atoms with E-state index in [2.05, 4.69) is 19.2 Å². The molecule has 1 atom stereocenters. The summed E-state index contributed by atoms with van der Waals surface area (Å²) in [4.78, 5) is 0. The molecule has 0 aliphatic carbocycles. The predicted molar refractivity (Wildman–Crippen MR) is 68.3 cm³/mol. The van der Waals surface area contributed by atoms with Crippen LogP contribution in [-0.4, -0.2) is 25.4 Å². The van der Waals surface area contributed by atoms with E-state index < -0.39 is 0 Å². The quantitative estimate of drug-likeness (QED) is 0.898. The highest BCUT2D eigenvalue weighted by molar-refractivity contribution is 5.31. The maximum absolute atomic E-state index is 13.8. The summed E-state index contributed by atoms with van der Waals surface area (Å²) in [5.41, 5.74) is 0.807. The van der Waals surface area contributed by atoms with Crippen LogP contribution in [0, 0.1) is 5.82 Å². The van der Waals surface area contributed by atoms with E-state index >= 15 is 0 Å². The maximum atomic E-state index is 13.8. The molecular weight excluding hydrogens is 233 g/mol. The molecule has 1 aliphatic rings. The number of rotatable bonds is 3. The molecule has 1 fully saturated rings. The molecule has 3 nitrogen and oxygen atoms in total. The topological polar surface area (TPSA) is 30.5 Å². The second-order valence-electron chi connectivity index (χ2n) is 5.22. The number of morpholine rings is 1. The van der Waals surface area contributed by atoms with Crippen molar-refractivity contribution in [3.63, 3.8) is 0 Å². The Labute approximate surface area is 107 Å². The number of hydrogen-bond donors (Lipinski definition) is 1. The Morgan fingerprint density at radius 3 is 2.89 bits per heavy atom. The van der Waals surface area contributed by atoms with Crippen LogP contribution in [0.4, 0.5) is 4.39 Å². The molecule has 0 radical (unpaired) electrons. The Hall–Kier alpha value is -1.13. The average molecular weight is 253 g/mol. The summed E-state index contributed by atoms with van der Waals surface area (Å²) in [5.74, 6) is -0.0169. The molecule has 1 aromatic carbocycles. The van der Waals surface area contributed by atoms with Crippen LogP contribution in [0.1, 0.15) is 32.4 Å². The third-order valence-corrected chi connectivity index (χ3v) is 2.97. The lowest BCUT2D eigenvalue weighted by molar-refractivity contribution is 0.0126. The lowest BCUT2D eigenvalue weighted by Crippen LogP contribution is -2.51. The van der Waals surface area contributed by atoms with Crippen molar-refractivity contribution in [2.75, 3.05) is 19.8 Å². The highest BCUT2D eigenvalue weighted by Gasteiger charge is 2.28. The third kappa shape index (κ3) is 3.00. The van der Waals surface area contributed by atoms with E-state index in [1.165, 1.54) is 6.07 Å². The Morgan fingerprint density at radius 2 is 2.28 bits per heavy atom. The maximum Gasteiger partial charge on any atom is 0.165 e. The summed E-state index contributed by atoms with van der Waals surface area (Å²) in [6.07, 6.45) is 0. The van der Waals surface area contributed by atoms with Crippen molar-refractivity contribution in [3.8, 4) is 5.75 Å². The van der Waals surface area contributed by atoms with Crippen molar-refractivity contribution in [2.45, 2.75) is 32.4 Å². The monoisotopic (exact) mass is 253 g/mol. The van der Waals surface area contributed by atoms with Crippen molar-refractivity contribution in [3.05, 3.63) is 29.6 Å². The van der Waals surface area contributed by atoms with Crippen LogP contribution < -0.4 is 10.1 Å². The predicted octanol–water partition coefficient (Wildman–Crippen LogP) is 2.66. The van der Waals surface area contributed by atoms with Crippen LogP contribution in [0.25, 0.3) is 0 Å². The third-order valence-electron chi connectivity index (χ3n) is 2.97. The molecule has 2 rings (SSSR count). The minimum absolute atomic E-state index is 0.0268. The van der Waals surface area contributed by atoms with Gasteiger partial charge in [0, 0.05) is 5.54 Å². The van der Waals surface area contributed by atoms with Gasteiger partial charge in [-0.3, -0.25) is 0 Å². The second kappa shape index (κ2) is 5.24. The van der Waals surface area contributed by atoms with Crippen LogP contribution in [-0.2, 0) is 4.74 Å². The summed E-state index contributed by atoms with van der Waals surface area (Å²) in [6.45, 7) is 7.69. The molecule has 0 aromatic heterocycles. The molecule has 1 aromatic rings. The van der Waals surface area contributed by atoms with E-state index in [1.807, 2.05) is 13.0 Å². The van der Waals surface area contributed by atoms with Gasteiger partial charge in [0.15, 0.2) is 11.6 Å². The summed E-state index contributed by atoms with van der Waals surface area (Å²) in [6, 6.07) is 5.11. The molecule has 0 bridgehead atoms. The van der Waals surface area contributed by atoms with E-state index in [0.29, 0.717) is 25.6 Å². The molecule has 0 saturated carbocycles.